The van der Waals surface area contributed by atoms with Crippen LogP contribution in [0.3, 0.4) is 0 Å². The summed E-state index contributed by atoms with van der Waals surface area (Å²) in [6, 6.07) is 5.31. The van der Waals surface area contributed by atoms with Gasteiger partial charge in [-0.2, -0.15) is 0 Å². The molecule has 1 saturated carbocycles. The van der Waals surface area contributed by atoms with Crippen molar-refractivity contribution < 1.29 is 19.4 Å². The number of carbonyl (C=O) groups is 2. The molecule has 1 heterocycles. The number of nitrogens with zero attached hydrogens (tertiary/aromatic N) is 1. The first-order valence-corrected chi connectivity index (χ1v) is 8.59. The summed E-state index contributed by atoms with van der Waals surface area (Å²) < 4.78 is 5.06. The zero-order valence-corrected chi connectivity index (χ0v) is 14.8. The van der Waals surface area contributed by atoms with Crippen molar-refractivity contribution >= 4 is 35.1 Å². The Morgan fingerprint density at radius 3 is 2.79 bits per heavy atom. The lowest BCUT2D eigenvalue weighted by atomic mass is 9.88. The van der Waals surface area contributed by atoms with Crippen LogP contribution in [0.5, 0.6) is 0 Å². The molecule has 1 amide bonds. The number of benzene rings is 1. The fourth-order valence-corrected chi connectivity index (χ4v) is 4.09. The van der Waals surface area contributed by atoms with Gasteiger partial charge in [-0.3, -0.25) is 9.59 Å². The van der Waals surface area contributed by atoms with Gasteiger partial charge in [-0.1, -0.05) is 29.3 Å². The van der Waals surface area contributed by atoms with E-state index in [-0.39, 0.29) is 30.9 Å². The van der Waals surface area contributed by atoms with Gasteiger partial charge in [-0.15, -0.1) is 0 Å². The molecule has 3 atom stereocenters. The van der Waals surface area contributed by atoms with Gasteiger partial charge in [0.05, 0.1) is 6.61 Å². The molecule has 0 aromatic heterocycles. The van der Waals surface area contributed by atoms with Crippen LogP contribution in [0.1, 0.15) is 24.3 Å². The van der Waals surface area contributed by atoms with Crippen LogP contribution in [0.2, 0.25) is 10.0 Å². The second-order valence-corrected chi connectivity index (χ2v) is 7.49. The van der Waals surface area contributed by atoms with Crippen LogP contribution in [0.15, 0.2) is 18.2 Å². The summed E-state index contributed by atoms with van der Waals surface area (Å²) >= 11 is 12.1. The average Bonchev–Trinajstić information content (AvgIpc) is 3.18. The first-order chi connectivity index (χ1) is 11.4. The Bertz CT molecular complexity index is 681. The number of aliphatic carboxylic acids is 1. The number of carbonyl (C=O) groups excluding carboxylic acids is 1. The lowest BCUT2D eigenvalue weighted by molar-refractivity contribution is -0.151. The van der Waals surface area contributed by atoms with E-state index in [1.165, 1.54) is 7.11 Å². The van der Waals surface area contributed by atoms with E-state index in [1.807, 2.05) is 6.07 Å². The Balaban J connectivity index is 1.68. The molecule has 130 valence electrons. The number of hydrogen-bond acceptors (Lipinski definition) is 3. The Kier molecular flexibility index (Phi) is 4.78. The smallest absolute Gasteiger partial charge is 0.313 e. The van der Waals surface area contributed by atoms with Crippen molar-refractivity contribution in [3.8, 4) is 0 Å². The highest BCUT2D eigenvalue weighted by Gasteiger charge is 2.52. The van der Waals surface area contributed by atoms with Crippen LogP contribution in [-0.4, -0.2) is 48.7 Å². The van der Waals surface area contributed by atoms with E-state index in [1.54, 1.807) is 17.0 Å². The minimum absolute atomic E-state index is 0.00486. The number of methoxy groups -OCH3 is 1. The summed E-state index contributed by atoms with van der Waals surface area (Å²) in [4.78, 5) is 25.9. The second-order valence-electron chi connectivity index (χ2n) is 6.64. The molecule has 0 spiro atoms. The van der Waals surface area contributed by atoms with Crippen molar-refractivity contribution in [2.75, 3.05) is 26.8 Å². The first kappa shape index (κ1) is 17.5. The normalized spacial score (nSPS) is 28.9. The van der Waals surface area contributed by atoms with Gasteiger partial charge in [0, 0.05) is 36.2 Å². The molecule has 0 bridgehead atoms. The molecule has 3 unspecified atom stereocenters. The topological polar surface area (TPSA) is 66.8 Å². The highest BCUT2D eigenvalue weighted by molar-refractivity contribution is 6.35. The van der Waals surface area contributed by atoms with Crippen molar-refractivity contribution in [1.82, 2.24) is 4.90 Å². The maximum absolute atomic E-state index is 12.7. The molecule has 1 saturated heterocycles. The Labute approximate surface area is 150 Å². The highest BCUT2D eigenvalue weighted by Crippen LogP contribution is 2.51. The maximum Gasteiger partial charge on any atom is 0.313 e. The standard InChI is InChI=1S/C17H19Cl2NO4/c1-24-9-17(16(22)23)4-5-20(8-17)15(21)13-7-12(13)11-3-2-10(18)6-14(11)19/h2-3,6,12-13H,4-5,7-9H2,1H3,(H,22,23). The number of amides is 1. The minimum Gasteiger partial charge on any atom is -0.481 e. The van der Waals surface area contributed by atoms with Crippen LogP contribution in [0.25, 0.3) is 0 Å². The molecule has 1 aromatic rings. The number of carboxylic acids is 1. The van der Waals surface area contributed by atoms with Crippen LogP contribution in [0.4, 0.5) is 0 Å². The number of hydrogen-bond donors (Lipinski definition) is 1. The zero-order valence-electron chi connectivity index (χ0n) is 13.3. The minimum atomic E-state index is -0.993. The van der Waals surface area contributed by atoms with Gasteiger partial charge in [0.1, 0.15) is 5.41 Å². The number of halogens is 2. The summed E-state index contributed by atoms with van der Waals surface area (Å²) in [5.74, 6) is -0.946. The van der Waals surface area contributed by atoms with E-state index in [0.29, 0.717) is 23.0 Å². The summed E-state index contributed by atoms with van der Waals surface area (Å²) in [6.07, 6.45) is 1.15. The molecular formula is C17H19Cl2NO4. The largest absolute Gasteiger partial charge is 0.481 e. The quantitative estimate of drug-likeness (QED) is 0.863. The molecule has 1 aliphatic heterocycles. The zero-order chi connectivity index (χ0) is 17.5. The predicted molar refractivity (Wildman–Crippen MR) is 90.5 cm³/mol. The predicted octanol–water partition coefficient (Wildman–Crippen LogP) is 3.05. The van der Waals surface area contributed by atoms with E-state index < -0.39 is 11.4 Å². The molecule has 1 aromatic carbocycles. The first-order valence-electron chi connectivity index (χ1n) is 7.84. The van der Waals surface area contributed by atoms with Gasteiger partial charge in [0.15, 0.2) is 0 Å². The van der Waals surface area contributed by atoms with Gasteiger partial charge >= 0.3 is 5.97 Å². The van der Waals surface area contributed by atoms with Crippen LogP contribution in [-0.2, 0) is 14.3 Å². The monoisotopic (exact) mass is 371 g/mol. The number of carboxylic acid groups (broad SMARTS) is 1. The fourth-order valence-electron chi connectivity index (χ4n) is 3.54. The van der Waals surface area contributed by atoms with Gasteiger partial charge in [0.25, 0.3) is 0 Å². The molecule has 2 fully saturated rings. The third-order valence-corrected chi connectivity index (χ3v) is 5.57. The van der Waals surface area contributed by atoms with Crippen LogP contribution in [0, 0.1) is 11.3 Å². The van der Waals surface area contributed by atoms with Crippen LogP contribution >= 0.6 is 23.2 Å². The number of ether oxygens (including phenoxy) is 1. The third-order valence-electron chi connectivity index (χ3n) is 5.01. The molecule has 24 heavy (non-hydrogen) atoms. The molecule has 0 radical (unpaired) electrons. The Morgan fingerprint density at radius 2 is 2.17 bits per heavy atom. The summed E-state index contributed by atoms with van der Waals surface area (Å²) in [5, 5.41) is 10.6. The van der Waals surface area contributed by atoms with Gasteiger partial charge in [-0.05, 0) is 36.5 Å². The van der Waals surface area contributed by atoms with Gasteiger partial charge in [0.2, 0.25) is 5.91 Å². The van der Waals surface area contributed by atoms with E-state index >= 15 is 0 Å². The Morgan fingerprint density at radius 1 is 1.42 bits per heavy atom. The highest BCUT2D eigenvalue weighted by atomic mass is 35.5. The van der Waals surface area contributed by atoms with E-state index in [0.717, 1.165) is 12.0 Å². The second kappa shape index (κ2) is 6.54. The molecule has 3 rings (SSSR count). The molecule has 5 nitrogen and oxygen atoms in total. The summed E-state index contributed by atoms with van der Waals surface area (Å²) in [6.45, 7) is 0.766. The number of likely N-dealkylation sites (tertiary alicyclic amines) is 1. The van der Waals surface area contributed by atoms with Crippen molar-refractivity contribution in [2.45, 2.75) is 18.8 Å². The van der Waals surface area contributed by atoms with Crippen LogP contribution < -0.4 is 0 Å². The van der Waals surface area contributed by atoms with Crippen molar-refractivity contribution in [2.24, 2.45) is 11.3 Å². The maximum atomic E-state index is 12.7. The SMILES string of the molecule is COCC1(C(=O)O)CCN(C(=O)C2CC2c2ccc(Cl)cc2Cl)C1. The lowest BCUT2D eigenvalue weighted by Crippen LogP contribution is -2.40. The van der Waals surface area contributed by atoms with E-state index in [2.05, 4.69) is 0 Å². The number of rotatable bonds is 5. The lowest BCUT2D eigenvalue weighted by Gasteiger charge is -2.24. The third kappa shape index (κ3) is 3.13. The summed E-state index contributed by atoms with van der Waals surface area (Å²) in [5.41, 5.74) is -0.0628. The average molecular weight is 372 g/mol. The van der Waals surface area contributed by atoms with Gasteiger partial charge < -0.3 is 14.7 Å². The molecule has 2 aliphatic rings. The fraction of sp³-hybridized carbons (Fsp3) is 0.529. The van der Waals surface area contributed by atoms with E-state index in [9.17, 15) is 14.7 Å². The van der Waals surface area contributed by atoms with Crippen molar-refractivity contribution in [3.05, 3.63) is 33.8 Å². The van der Waals surface area contributed by atoms with Crippen molar-refractivity contribution in [1.29, 1.82) is 0 Å². The molecule has 1 N–H and O–H groups in total. The molecule has 1 aliphatic carbocycles. The summed E-state index contributed by atoms with van der Waals surface area (Å²) in [7, 11) is 1.48. The Hall–Kier alpha value is -1.30. The van der Waals surface area contributed by atoms with E-state index in [4.69, 9.17) is 27.9 Å². The molecular weight excluding hydrogens is 353 g/mol. The molecule has 7 heteroatoms. The van der Waals surface area contributed by atoms with Crippen molar-refractivity contribution in [3.63, 3.8) is 0 Å². The van der Waals surface area contributed by atoms with Gasteiger partial charge in [-0.25, -0.2) is 0 Å².